The van der Waals surface area contributed by atoms with Crippen molar-refractivity contribution >= 4 is 28.4 Å². The molecule has 2 aliphatic heterocycles. The number of hydrogen-bond donors (Lipinski definition) is 2. The van der Waals surface area contributed by atoms with Crippen LogP contribution in [0.1, 0.15) is 17.3 Å². The first-order chi connectivity index (χ1) is 16.0. The van der Waals surface area contributed by atoms with E-state index in [1.165, 1.54) is 0 Å². The van der Waals surface area contributed by atoms with Crippen molar-refractivity contribution in [3.63, 3.8) is 0 Å². The third kappa shape index (κ3) is 3.50. The van der Waals surface area contributed by atoms with E-state index in [0.717, 1.165) is 11.4 Å². The Hall–Kier alpha value is -3.85. The molecule has 2 amide bonds. The zero-order valence-corrected chi connectivity index (χ0v) is 18.3. The van der Waals surface area contributed by atoms with Crippen molar-refractivity contribution in [2.45, 2.75) is 6.92 Å². The number of ether oxygens (including phenoxy) is 1. The van der Waals surface area contributed by atoms with Crippen molar-refractivity contribution in [3.8, 4) is 17.2 Å². The molecule has 0 bridgehead atoms. The second-order valence-electron chi connectivity index (χ2n) is 8.16. The van der Waals surface area contributed by atoms with Crippen LogP contribution in [0.4, 0.5) is 5.69 Å². The number of nitrogens with one attached hydrogen (secondary N) is 1. The van der Waals surface area contributed by atoms with Gasteiger partial charge in [-0.25, -0.2) is 0 Å². The van der Waals surface area contributed by atoms with Crippen LogP contribution in [0, 0.1) is 0 Å². The lowest BCUT2D eigenvalue weighted by atomic mass is 10.1. The van der Waals surface area contributed by atoms with E-state index in [2.05, 4.69) is 10.2 Å². The minimum atomic E-state index is -0.453. The number of nitrogens with zero attached hydrogens (tertiary/aromatic N) is 3. The monoisotopic (exact) mass is 447 g/mol. The first kappa shape index (κ1) is 21.0. The molecule has 0 saturated carbocycles. The molecule has 5 rings (SSSR count). The van der Waals surface area contributed by atoms with Gasteiger partial charge in [0.15, 0.2) is 11.5 Å². The van der Waals surface area contributed by atoms with Gasteiger partial charge in [-0.05, 0) is 24.3 Å². The summed E-state index contributed by atoms with van der Waals surface area (Å²) in [5.74, 6) is 0.826. The van der Waals surface area contributed by atoms with Crippen LogP contribution in [-0.2, 0) is 4.79 Å². The zero-order chi connectivity index (χ0) is 23.1. The number of piperazine rings is 1. The van der Waals surface area contributed by atoms with E-state index >= 15 is 0 Å². The van der Waals surface area contributed by atoms with Crippen LogP contribution in [-0.4, -0.2) is 60.5 Å². The third-order valence-corrected chi connectivity index (χ3v) is 6.18. The van der Waals surface area contributed by atoms with E-state index in [9.17, 15) is 14.4 Å². The number of para-hydroxylation sites is 2. The van der Waals surface area contributed by atoms with Crippen molar-refractivity contribution in [2.75, 3.05) is 44.2 Å². The number of anilines is 1. The lowest BCUT2D eigenvalue weighted by molar-refractivity contribution is -0.129. The van der Waals surface area contributed by atoms with Gasteiger partial charge in [-0.1, -0.05) is 12.1 Å². The molecule has 0 radical (unpaired) electrons. The molecular weight excluding hydrogens is 422 g/mol. The molecule has 33 heavy (non-hydrogen) atoms. The summed E-state index contributed by atoms with van der Waals surface area (Å²) in [5, 5.41) is 3.10. The molecule has 3 aromatic rings. The lowest BCUT2D eigenvalue weighted by Gasteiger charge is -2.37. The maximum atomic E-state index is 13.3. The van der Waals surface area contributed by atoms with Crippen molar-refractivity contribution in [3.05, 3.63) is 58.4 Å². The summed E-state index contributed by atoms with van der Waals surface area (Å²) < 4.78 is 8.19. The van der Waals surface area contributed by atoms with Crippen LogP contribution >= 0.6 is 0 Å². The van der Waals surface area contributed by atoms with E-state index < -0.39 is 5.91 Å². The number of pyridine rings is 1. The summed E-state index contributed by atoms with van der Waals surface area (Å²) in [5.41, 5.74) is 7.44. The first-order valence-electron chi connectivity index (χ1n) is 11.0. The van der Waals surface area contributed by atoms with E-state index in [0.29, 0.717) is 48.6 Å². The van der Waals surface area contributed by atoms with Gasteiger partial charge in [0, 0.05) is 52.4 Å². The summed E-state index contributed by atoms with van der Waals surface area (Å²) >= 11 is 0. The van der Waals surface area contributed by atoms with Gasteiger partial charge in [0.2, 0.25) is 11.3 Å². The standard InChI is InChI=1S/C24H25N5O4/c1-15(30)27-10-12-28(13-11-27)19-7-6-16-21-23(19)33-20-5-3-2-4-18(20)29(21)14-17(22(16)31)24(32)26-9-8-25/h2-7,14H,8-13,25H2,1H3,(H,26,32). The Labute approximate surface area is 190 Å². The number of amides is 2. The molecule has 1 aromatic heterocycles. The van der Waals surface area contributed by atoms with Crippen molar-refractivity contribution in [2.24, 2.45) is 5.73 Å². The average Bonchev–Trinajstić information content (AvgIpc) is 2.84. The molecule has 9 heteroatoms. The van der Waals surface area contributed by atoms with Crippen LogP contribution in [0.15, 0.2) is 47.4 Å². The second kappa shape index (κ2) is 8.25. The molecule has 2 aromatic carbocycles. The summed E-state index contributed by atoms with van der Waals surface area (Å²) in [6, 6.07) is 11.1. The maximum absolute atomic E-state index is 13.3. The molecule has 1 fully saturated rings. The highest BCUT2D eigenvalue weighted by molar-refractivity contribution is 6.01. The molecule has 0 spiro atoms. The van der Waals surface area contributed by atoms with Gasteiger partial charge in [0.05, 0.1) is 16.8 Å². The third-order valence-electron chi connectivity index (χ3n) is 6.18. The molecule has 0 unspecified atom stereocenters. The summed E-state index contributed by atoms with van der Waals surface area (Å²) in [7, 11) is 0. The minimum absolute atomic E-state index is 0.0569. The van der Waals surface area contributed by atoms with E-state index in [4.69, 9.17) is 10.5 Å². The molecule has 3 N–H and O–H groups in total. The number of fused-ring (bicyclic) bond motifs is 2. The maximum Gasteiger partial charge on any atom is 0.256 e. The van der Waals surface area contributed by atoms with Gasteiger partial charge in [-0.3, -0.25) is 14.4 Å². The Kier molecular flexibility index (Phi) is 5.26. The Morgan fingerprint density at radius 2 is 1.82 bits per heavy atom. The number of benzene rings is 2. The predicted octanol–water partition coefficient (Wildman–Crippen LogP) is 1.45. The Morgan fingerprint density at radius 1 is 1.06 bits per heavy atom. The summed E-state index contributed by atoms with van der Waals surface area (Å²) in [6.07, 6.45) is 1.58. The lowest BCUT2D eigenvalue weighted by Crippen LogP contribution is -2.48. The van der Waals surface area contributed by atoms with Gasteiger partial charge < -0.3 is 30.2 Å². The minimum Gasteiger partial charge on any atom is -0.451 e. The highest BCUT2D eigenvalue weighted by atomic mass is 16.5. The number of aromatic nitrogens is 1. The van der Waals surface area contributed by atoms with Crippen LogP contribution in [0.5, 0.6) is 11.5 Å². The Bertz CT molecular complexity index is 1320. The van der Waals surface area contributed by atoms with E-state index in [1.54, 1.807) is 19.2 Å². The summed E-state index contributed by atoms with van der Waals surface area (Å²) in [6.45, 7) is 4.71. The Balaban J connectivity index is 1.67. The normalized spacial score (nSPS) is 14.6. The quantitative estimate of drug-likeness (QED) is 0.490. The second-order valence-corrected chi connectivity index (χ2v) is 8.16. The predicted molar refractivity (Wildman–Crippen MR) is 125 cm³/mol. The van der Waals surface area contributed by atoms with Crippen LogP contribution in [0.25, 0.3) is 16.6 Å². The average molecular weight is 447 g/mol. The van der Waals surface area contributed by atoms with Crippen molar-refractivity contribution < 1.29 is 14.3 Å². The highest BCUT2D eigenvalue weighted by Gasteiger charge is 2.29. The number of carbonyl (C=O) groups excluding carboxylic acids is 2. The number of carbonyl (C=O) groups is 2. The molecule has 9 nitrogen and oxygen atoms in total. The van der Waals surface area contributed by atoms with Gasteiger partial charge >= 0.3 is 0 Å². The van der Waals surface area contributed by atoms with Crippen LogP contribution in [0.2, 0.25) is 0 Å². The number of rotatable bonds is 4. The molecule has 1 saturated heterocycles. The molecular formula is C24H25N5O4. The fraction of sp³-hybridized carbons (Fsp3) is 0.292. The van der Waals surface area contributed by atoms with E-state index in [-0.39, 0.29) is 30.0 Å². The van der Waals surface area contributed by atoms with Crippen LogP contribution in [0.3, 0.4) is 0 Å². The smallest absolute Gasteiger partial charge is 0.256 e. The largest absolute Gasteiger partial charge is 0.451 e. The molecule has 2 aliphatic rings. The van der Waals surface area contributed by atoms with Gasteiger partial charge in [-0.2, -0.15) is 0 Å². The van der Waals surface area contributed by atoms with Crippen LogP contribution < -0.4 is 26.1 Å². The number of nitrogens with two attached hydrogens (primary N) is 1. The SMILES string of the molecule is CC(=O)N1CCN(c2ccc3c(=O)c(C(=O)NCCN)cn4c3c2Oc2ccccc2-4)CC1. The van der Waals surface area contributed by atoms with Gasteiger partial charge in [0.1, 0.15) is 11.1 Å². The fourth-order valence-electron chi connectivity index (χ4n) is 4.48. The topological polar surface area (TPSA) is 110 Å². The molecule has 0 aliphatic carbocycles. The molecule has 0 atom stereocenters. The molecule has 170 valence electrons. The molecule has 3 heterocycles. The zero-order valence-electron chi connectivity index (χ0n) is 18.3. The Morgan fingerprint density at radius 3 is 2.55 bits per heavy atom. The van der Waals surface area contributed by atoms with Gasteiger partial charge in [-0.15, -0.1) is 0 Å². The van der Waals surface area contributed by atoms with E-state index in [1.807, 2.05) is 39.8 Å². The number of hydrogen-bond acceptors (Lipinski definition) is 6. The first-order valence-corrected chi connectivity index (χ1v) is 11.0. The van der Waals surface area contributed by atoms with Gasteiger partial charge in [0.25, 0.3) is 5.91 Å². The van der Waals surface area contributed by atoms with Crippen molar-refractivity contribution in [1.82, 2.24) is 14.8 Å². The highest BCUT2D eigenvalue weighted by Crippen LogP contribution is 2.45. The van der Waals surface area contributed by atoms with Crippen molar-refractivity contribution in [1.29, 1.82) is 0 Å². The fourth-order valence-corrected chi connectivity index (χ4v) is 4.48. The summed E-state index contributed by atoms with van der Waals surface area (Å²) in [4.78, 5) is 41.7.